The second-order valence-electron chi connectivity index (χ2n) is 5.82. The van der Waals surface area contributed by atoms with Gasteiger partial charge >= 0.3 is 6.18 Å². The molecule has 0 aliphatic carbocycles. The fraction of sp³-hybridized carbons (Fsp3) is 0.625. The van der Waals surface area contributed by atoms with Crippen molar-refractivity contribution < 1.29 is 27.8 Å². The number of alkyl halides is 3. The first-order valence-corrected chi connectivity index (χ1v) is 7.61. The van der Waals surface area contributed by atoms with Crippen LogP contribution in [0.1, 0.15) is 18.4 Å². The van der Waals surface area contributed by atoms with Crippen LogP contribution < -0.4 is 9.47 Å². The van der Waals surface area contributed by atoms with Crippen LogP contribution in [-0.2, 0) is 6.54 Å². The standard InChI is InChI=1S/C16H22F3NO3/c1-22-15-7-12(4-5-14(15)23-11-16(17,18)19)8-20-6-2-3-13(9-20)10-21/h4-5,7,13,21H,2-3,6,8-11H2,1H3. The Bertz CT molecular complexity index is 508. The third-order valence-electron chi connectivity index (χ3n) is 3.89. The number of rotatable bonds is 6. The zero-order valence-corrected chi connectivity index (χ0v) is 13.1. The number of hydrogen-bond donors (Lipinski definition) is 1. The molecule has 0 saturated carbocycles. The van der Waals surface area contributed by atoms with E-state index in [1.165, 1.54) is 13.2 Å². The predicted molar refractivity (Wildman–Crippen MR) is 79.6 cm³/mol. The number of hydrogen-bond acceptors (Lipinski definition) is 4. The van der Waals surface area contributed by atoms with E-state index < -0.39 is 12.8 Å². The van der Waals surface area contributed by atoms with Crippen LogP contribution in [0, 0.1) is 5.92 Å². The number of methoxy groups -OCH3 is 1. The molecule has 130 valence electrons. The van der Waals surface area contributed by atoms with Crippen LogP contribution in [0.5, 0.6) is 11.5 Å². The molecule has 1 aromatic rings. The minimum atomic E-state index is -4.38. The smallest absolute Gasteiger partial charge is 0.422 e. The topological polar surface area (TPSA) is 41.9 Å². The molecule has 1 aliphatic rings. The van der Waals surface area contributed by atoms with Crippen LogP contribution in [0.15, 0.2) is 18.2 Å². The lowest BCUT2D eigenvalue weighted by Gasteiger charge is -2.31. The van der Waals surface area contributed by atoms with E-state index in [1.807, 2.05) is 0 Å². The lowest BCUT2D eigenvalue weighted by molar-refractivity contribution is -0.153. The molecule has 0 amide bonds. The molecule has 1 fully saturated rings. The molecule has 2 rings (SSSR count). The minimum absolute atomic E-state index is 0.0838. The number of aliphatic hydroxyl groups excluding tert-OH is 1. The van der Waals surface area contributed by atoms with Crippen LogP contribution in [0.25, 0.3) is 0 Å². The molecule has 1 N–H and O–H groups in total. The van der Waals surface area contributed by atoms with Crippen molar-refractivity contribution in [1.82, 2.24) is 4.90 Å². The Balaban J connectivity index is 2.00. The van der Waals surface area contributed by atoms with Gasteiger partial charge in [-0.3, -0.25) is 4.90 Å². The number of piperidine rings is 1. The number of benzene rings is 1. The quantitative estimate of drug-likeness (QED) is 0.869. The average molecular weight is 333 g/mol. The Morgan fingerprint density at radius 1 is 1.30 bits per heavy atom. The summed E-state index contributed by atoms with van der Waals surface area (Å²) in [4.78, 5) is 2.23. The summed E-state index contributed by atoms with van der Waals surface area (Å²) >= 11 is 0. The zero-order valence-electron chi connectivity index (χ0n) is 13.1. The van der Waals surface area contributed by atoms with Gasteiger partial charge in [-0.25, -0.2) is 0 Å². The Kier molecular flexibility index (Phi) is 6.12. The van der Waals surface area contributed by atoms with Crippen LogP contribution in [0.4, 0.5) is 13.2 Å². The summed E-state index contributed by atoms with van der Waals surface area (Å²) in [5.41, 5.74) is 0.944. The molecule has 4 nitrogen and oxygen atoms in total. The fourth-order valence-corrected chi connectivity index (χ4v) is 2.79. The average Bonchev–Trinajstić information content (AvgIpc) is 2.53. The van der Waals surface area contributed by atoms with E-state index in [0.717, 1.165) is 31.5 Å². The normalized spacial score (nSPS) is 19.6. The van der Waals surface area contributed by atoms with Crippen molar-refractivity contribution in [3.8, 4) is 11.5 Å². The number of aliphatic hydroxyl groups is 1. The van der Waals surface area contributed by atoms with Gasteiger partial charge in [0, 0.05) is 19.7 Å². The van der Waals surface area contributed by atoms with Crippen molar-refractivity contribution >= 4 is 0 Å². The van der Waals surface area contributed by atoms with Gasteiger partial charge in [0.15, 0.2) is 18.1 Å². The van der Waals surface area contributed by atoms with Gasteiger partial charge in [-0.05, 0) is 43.0 Å². The molecule has 7 heteroatoms. The molecule has 1 saturated heterocycles. The van der Waals surface area contributed by atoms with Crippen molar-refractivity contribution in [3.05, 3.63) is 23.8 Å². The number of nitrogens with zero attached hydrogens (tertiary/aromatic N) is 1. The Labute approximate surface area is 133 Å². The first-order chi connectivity index (χ1) is 10.9. The van der Waals surface area contributed by atoms with Crippen molar-refractivity contribution in [2.45, 2.75) is 25.6 Å². The summed E-state index contributed by atoms with van der Waals surface area (Å²) in [5, 5.41) is 9.26. The third kappa shape index (κ3) is 5.58. The molecule has 0 aromatic heterocycles. The molecule has 0 radical (unpaired) electrons. The summed E-state index contributed by atoms with van der Waals surface area (Å²) in [7, 11) is 1.41. The summed E-state index contributed by atoms with van der Waals surface area (Å²) in [6.45, 7) is 1.29. The van der Waals surface area contributed by atoms with E-state index in [0.29, 0.717) is 18.2 Å². The lowest BCUT2D eigenvalue weighted by atomic mass is 9.98. The molecule has 1 aromatic carbocycles. The van der Waals surface area contributed by atoms with Crippen molar-refractivity contribution in [2.75, 3.05) is 33.4 Å². The van der Waals surface area contributed by atoms with Crippen molar-refractivity contribution in [1.29, 1.82) is 0 Å². The Hall–Kier alpha value is -1.47. The highest BCUT2D eigenvalue weighted by Crippen LogP contribution is 2.30. The van der Waals surface area contributed by atoms with Crippen LogP contribution in [0.3, 0.4) is 0 Å². The Morgan fingerprint density at radius 2 is 2.09 bits per heavy atom. The second kappa shape index (κ2) is 7.88. The van der Waals surface area contributed by atoms with Gasteiger partial charge in [-0.15, -0.1) is 0 Å². The van der Waals surface area contributed by atoms with Gasteiger partial charge in [-0.1, -0.05) is 6.07 Å². The number of likely N-dealkylation sites (tertiary alicyclic amines) is 1. The fourth-order valence-electron chi connectivity index (χ4n) is 2.79. The maximum atomic E-state index is 12.2. The first-order valence-electron chi connectivity index (χ1n) is 7.61. The summed E-state index contributed by atoms with van der Waals surface area (Å²) in [6, 6.07) is 4.96. The third-order valence-corrected chi connectivity index (χ3v) is 3.89. The largest absolute Gasteiger partial charge is 0.493 e. The molecule has 23 heavy (non-hydrogen) atoms. The molecular formula is C16H22F3NO3. The van der Waals surface area contributed by atoms with E-state index in [9.17, 15) is 18.3 Å². The molecular weight excluding hydrogens is 311 g/mol. The van der Waals surface area contributed by atoms with Crippen LogP contribution in [0.2, 0.25) is 0 Å². The van der Waals surface area contributed by atoms with E-state index >= 15 is 0 Å². The first kappa shape index (κ1) is 17.9. The SMILES string of the molecule is COc1cc(CN2CCCC(CO)C2)ccc1OCC(F)(F)F. The summed E-state index contributed by atoms with van der Waals surface area (Å²) in [5.74, 6) is 0.669. The maximum absolute atomic E-state index is 12.2. The predicted octanol–water partition coefficient (Wildman–Crippen LogP) is 2.84. The zero-order chi connectivity index (χ0) is 16.9. The van der Waals surface area contributed by atoms with E-state index in [2.05, 4.69) is 4.90 Å². The minimum Gasteiger partial charge on any atom is -0.493 e. The van der Waals surface area contributed by atoms with E-state index in [4.69, 9.17) is 9.47 Å². The van der Waals surface area contributed by atoms with Gasteiger partial charge in [0.1, 0.15) is 0 Å². The van der Waals surface area contributed by atoms with Crippen LogP contribution in [-0.4, -0.2) is 49.6 Å². The van der Waals surface area contributed by atoms with E-state index in [1.54, 1.807) is 12.1 Å². The number of halogens is 3. The maximum Gasteiger partial charge on any atom is 0.422 e. The molecule has 1 aliphatic heterocycles. The molecule has 0 bridgehead atoms. The lowest BCUT2D eigenvalue weighted by Crippen LogP contribution is -2.36. The summed E-state index contributed by atoms with van der Waals surface area (Å²) < 4.78 is 46.6. The summed E-state index contributed by atoms with van der Waals surface area (Å²) in [6.07, 6.45) is -2.31. The van der Waals surface area contributed by atoms with E-state index in [-0.39, 0.29) is 12.4 Å². The van der Waals surface area contributed by atoms with Crippen LogP contribution >= 0.6 is 0 Å². The second-order valence-corrected chi connectivity index (χ2v) is 5.82. The van der Waals surface area contributed by atoms with Gasteiger partial charge in [-0.2, -0.15) is 13.2 Å². The highest BCUT2D eigenvalue weighted by Gasteiger charge is 2.29. The Morgan fingerprint density at radius 3 is 2.74 bits per heavy atom. The van der Waals surface area contributed by atoms with Gasteiger partial charge in [0.25, 0.3) is 0 Å². The van der Waals surface area contributed by atoms with Gasteiger partial charge < -0.3 is 14.6 Å². The molecule has 1 atom stereocenters. The molecule has 1 unspecified atom stereocenters. The highest BCUT2D eigenvalue weighted by atomic mass is 19.4. The van der Waals surface area contributed by atoms with Crippen molar-refractivity contribution in [2.24, 2.45) is 5.92 Å². The molecule has 0 spiro atoms. The number of ether oxygens (including phenoxy) is 2. The van der Waals surface area contributed by atoms with Gasteiger partial charge in [0.2, 0.25) is 0 Å². The molecule has 1 heterocycles. The monoisotopic (exact) mass is 333 g/mol. The van der Waals surface area contributed by atoms with Crippen molar-refractivity contribution in [3.63, 3.8) is 0 Å². The highest BCUT2D eigenvalue weighted by molar-refractivity contribution is 5.43. The van der Waals surface area contributed by atoms with Gasteiger partial charge in [0.05, 0.1) is 7.11 Å².